The lowest BCUT2D eigenvalue weighted by atomic mass is 10.2. The monoisotopic (exact) mass is 340 g/mol. The molecule has 0 unspecified atom stereocenters. The van der Waals surface area contributed by atoms with Crippen molar-refractivity contribution in [2.24, 2.45) is 4.99 Å². The minimum Gasteiger partial charge on any atom is -0.456 e. The molecule has 7 heteroatoms. The van der Waals surface area contributed by atoms with Crippen molar-refractivity contribution in [3.8, 4) is 11.5 Å². The third-order valence-corrected chi connectivity index (χ3v) is 2.98. The number of rotatable bonds is 6. The molecule has 128 valence electrons. The number of aliphatic imine (C=N–C) groups is 1. The van der Waals surface area contributed by atoms with Gasteiger partial charge in [0.2, 0.25) is 0 Å². The summed E-state index contributed by atoms with van der Waals surface area (Å²) in [7, 11) is 0. The Morgan fingerprint density at radius 1 is 1.28 bits per heavy atom. The largest absolute Gasteiger partial charge is 0.456 e. The topological polar surface area (TPSA) is 76.5 Å². The summed E-state index contributed by atoms with van der Waals surface area (Å²) < 4.78 is 18.5. The van der Waals surface area contributed by atoms with Gasteiger partial charge >= 0.3 is 0 Å². The third-order valence-electron chi connectivity index (χ3n) is 2.98. The molecule has 2 aromatic rings. The molecular weight excluding hydrogens is 323 g/mol. The highest BCUT2D eigenvalue weighted by molar-refractivity contribution is 5.94. The Balaban J connectivity index is 2.22. The molecule has 0 radical (unpaired) electrons. The average molecular weight is 340 g/mol. The molecule has 25 heavy (non-hydrogen) atoms. The maximum Gasteiger partial charge on any atom is 0.275 e. The number of hydrogen-bond acceptors (Lipinski definition) is 5. The molecule has 0 aliphatic heterocycles. The number of aromatic nitrogens is 2. The predicted octanol–water partition coefficient (Wildman–Crippen LogP) is 3.64. The van der Waals surface area contributed by atoms with E-state index in [0.29, 0.717) is 17.2 Å². The predicted molar refractivity (Wildman–Crippen MR) is 93.4 cm³/mol. The molecule has 0 aliphatic carbocycles. The third kappa shape index (κ3) is 5.35. The molecule has 1 amide bonds. The van der Waals surface area contributed by atoms with Crippen molar-refractivity contribution in [1.29, 1.82) is 0 Å². The van der Waals surface area contributed by atoms with Gasteiger partial charge in [-0.05, 0) is 32.7 Å². The Labute approximate surface area is 144 Å². The summed E-state index contributed by atoms with van der Waals surface area (Å²) in [6.45, 7) is 9.94. The molecule has 0 spiro atoms. The van der Waals surface area contributed by atoms with Gasteiger partial charge in [-0.15, -0.1) is 0 Å². The van der Waals surface area contributed by atoms with Gasteiger partial charge < -0.3 is 10.1 Å². The van der Waals surface area contributed by atoms with Crippen LogP contribution in [0.4, 0.5) is 4.39 Å². The Morgan fingerprint density at radius 2 is 2.04 bits per heavy atom. The number of hydrogen-bond donors (Lipinski definition) is 1. The molecule has 0 aromatic carbocycles. The lowest BCUT2D eigenvalue weighted by Crippen LogP contribution is -2.23. The van der Waals surface area contributed by atoms with Crippen molar-refractivity contribution in [3.63, 3.8) is 0 Å². The minimum atomic E-state index is -0.754. The molecular formula is C18H17FN4O2. The molecule has 0 atom stereocenters. The van der Waals surface area contributed by atoms with E-state index in [1.165, 1.54) is 6.07 Å². The van der Waals surface area contributed by atoms with Crippen LogP contribution in [0.5, 0.6) is 11.5 Å². The van der Waals surface area contributed by atoms with Gasteiger partial charge in [0, 0.05) is 29.6 Å². The second-order valence-corrected chi connectivity index (χ2v) is 5.16. The molecule has 1 N–H and O–H groups in total. The van der Waals surface area contributed by atoms with E-state index >= 15 is 0 Å². The van der Waals surface area contributed by atoms with E-state index in [4.69, 9.17) is 4.74 Å². The number of halogens is 1. The fraction of sp³-hybridized carbons (Fsp3) is 0.111. The number of nitrogens with one attached hydrogen (secondary N) is 1. The second kappa shape index (κ2) is 7.96. The highest BCUT2D eigenvalue weighted by atomic mass is 19.1. The molecule has 0 aliphatic rings. The summed E-state index contributed by atoms with van der Waals surface area (Å²) in [4.78, 5) is 24.1. The first-order valence-corrected chi connectivity index (χ1v) is 7.31. The second-order valence-electron chi connectivity index (χ2n) is 5.16. The molecule has 2 rings (SSSR count). The van der Waals surface area contributed by atoms with E-state index in [1.807, 2.05) is 13.0 Å². The number of nitrogens with zero attached hydrogens (tertiary/aromatic N) is 3. The van der Waals surface area contributed by atoms with E-state index in [-0.39, 0.29) is 11.5 Å². The Bertz CT molecular complexity index is 845. The summed E-state index contributed by atoms with van der Waals surface area (Å²) in [6.07, 6.45) is 2.54. The SMILES string of the molecule is C=N/C(=C\C(=C)F)NC(=O)c1cc(Oc2ccc(C)nc2)cc(C)n1. The van der Waals surface area contributed by atoms with Gasteiger partial charge in [-0.1, -0.05) is 6.58 Å². The van der Waals surface area contributed by atoms with Crippen molar-refractivity contribution in [3.05, 3.63) is 71.8 Å². The van der Waals surface area contributed by atoms with Crippen molar-refractivity contribution in [2.45, 2.75) is 13.8 Å². The first-order chi connectivity index (χ1) is 11.9. The molecule has 2 heterocycles. The molecule has 6 nitrogen and oxygen atoms in total. The first-order valence-electron chi connectivity index (χ1n) is 7.31. The lowest BCUT2D eigenvalue weighted by Gasteiger charge is -2.09. The van der Waals surface area contributed by atoms with Crippen LogP contribution in [0.2, 0.25) is 0 Å². The van der Waals surface area contributed by atoms with Crippen LogP contribution in [-0.4, -0.2) is 22.6 Å². The van der Waals surface area contributed by atoms with Crippen LogP contribution in [-0.2, 0) is 0 Å². The van der Waals surface area contributed by atoms with Crippen LogP contribution in [0, 0.1) is 13.8 Å². The summed E-state index contributed by atoms with van der Waals surface area (Å²) in [5.74, 6) is -0.433. The van der Waals surface area contributed by atoms with Crippen LogP contribution in [0.3, 0.4) is 0 Å². The lowest BCUT2D eigenvalue weighted by molar-refractivity contribution is 0.0960. The van der Waals surface area contributed by atoms with Crippen molar-refractivity contribution >= 4 is 12.6 Å². The number of carbonyl (C=O) groups excluding carboxylic acids is 1. The zero-order valence-electron chi connectivity index (χ0n) is 13.9. The highest BCUT2D eigenvalue weighted by Crippen LogP contribution is 2.22. The Hall–Kier alpha value is -3.35. The standard InChI is InChI=1S/C18H17FN4O2/c1-11(19)7-17(20-4)23-18(24)16-9-15(8-13(3)22-16)25-14-6-5-12(2)21-10-14/h5-10H,1,4H2,2-3H3,(H,23,24)/b17-7+. The van der Waals surface area contributed by atoms with E-state index < -0.39 is 11.7 Å². The highest BCUT2D eigenvalue weighted by Gasteiger charge is 2.12. The maximum atomic E-state index is 12.8. The van der Waals surface area contributed by atoms with E-state index in [9.17, 15) is 9.18 Å². The van der Waals surface area contributed by atoms with Crippen LogP contribution in [0.15, 0.2) is 59.8 Å². The molecule has 0 fully saturated rings. The van der Waals surface area contributed by atoms with Crippen LogP contribution in [0.25, 0.3) is 0 Å². The zero-order chi connectivity index (χ0) is 18.4. The number of allylic oxidation sites excluding steroid dienone is 2. The van der Waals surface area contributed by atoms with Crippen LogP contribution >= 0.6 is 0 Å². The molecule has 0 saturated heterocycles. The Morgan fingerprint density at radius 3 is 2.64 bits per heavy atom. The van der Waals surface area contributed by atoms with Crippen molar-refractivity contribution < 1.29 is 13.9 Å². The normalized spacial score (nSPS) is 10.9. The van der Waals surface area contributed by atoms with Gasteiger partial charge in [-0.25, -0.2) is 14.4 Å². The number of aryl methyl sites for hydroxylation is 2. The zero-order valence-corrected chi connectivity index (χ0v) is 13.9. The fourth-order valence-electron chi connectivity index (χ4n) is 1.91. The van der Waals surface area contributed by atoms with Gasteiger partial charge in [0.25, 0.3) is 5.91 Å². The fourth-order valence-corrected chi connectivity index (χ4v) is 1.91. The van der Waals surface area contributed by atoms with Gasteiger partial charge in [-0.3, -0.25) is 9.78 Å². The summed E-state index contributed by atoms with van der Waals surface area (Å²) in [5.41, 5.74) is 1.54. The van der Waals surface area contributed by atoms with Crippen LogP contribution < -0.4 is 10.1 Å². The van der Waals surface area contributed by atoms with Crippen molar-refractivity contribution in [2.75, 3.05) is 0 Å². The molecule has 0 bridgehead atoms. The smallest absolute Gasteiger partial charge is 0.275 e. The summed E-state index contributed by atoms with van der Waals surface area (Å²) in [6, 6.07) is 6.73. The average Bonchev–Trinajstić information content (AvgIpc) is 2.55. The summed E-state index contributed by atoms with van der Waals surface area (Å²) >= 11 is 0. The Kier molecular flexibility index (Phi) is 5.73. The number of pyridine rings is 2. The van der Waals surface area contributed by atoms with Gasteiger partial charge in [0.15, 0.2) is 0 Å². The first kappa shape index (κ1) is 18.0. The molecule has 0 saturated carbocycles. The van der Waals surface area contributed by atoms with Gasteiger partial charge in [-0.2, -0.15) is 0 Å². The quantitative estimate of drug-likeness (QED) is 0.643. The van der Waals surface area contributed by atoms with E-state index in [2.05, 4.69) is 33.6 Å². The number of amides is 1. The summed E-state index contributed by atoms with van der Waals surface area (Å²) in [5, 5.41) is 2.40. The number of carbonyl (C=O) groups is 1. The van der Waals surface area contributed by atoms with E-state index in [0.717, 1.165) is 11.8 Å². The van der Waals surface area contributed by atoms with Crippen LogP contribution in [0.1, 0.15) is 21.9 Å². The van der Waals surface area contributed by atoms with Crippen molar-refractivity contribution in [1.82, 2.24) is 15.3 Å². The number of ether oxygens (including phenoxy) is 1. The minimum absolute atomic E-state index is 0.0639. The molecule has 2 aromatic heterocycles. The van der Waals surface area contributed by atoms with E-state index in [1.54, 1.807) is 25.3 Å². The maximum absolute atomic E-state index is 12.8. The van der Waals surface area contributed by atoms with Gasteiger partial charge in [0.1, 0.15) is 28.8 Å². The van der Waals surface area contributed by atoms with Gasteiger partial charge in [0.05, 0.1) is 6.20 Å².